The van der Waals surface area contributed by atoms with E-state index in [9.17, 15) is 18.0 Å². The number of carbonyl (C=O) groups is 2. The minimum Gasteiger partial charge on any atom is -0.497 e. The van der Waals surface area contributed by atoms with Crippen molar-refractivity contribution in [3.05, 3.63) is 90.1 Å². The number of methoxy groups -OCH3 is 1. The SMILES string of the molecule is COc1ccc(OC(C(=O)Nc2ncc(Oc3ccc(C(=O)O)cc3)s2)c2ccc(S(=O)(=O)C3CC3)cc2)cc1. The number of thiazole rings is 1. The van der Waals surface area contributed by atoms with E-state index in [0.29, 0.717) is 40.7 Å². The van der Waals surface area contributed by atoms with Crippen molar-refractivity contribution < 1.29 is 37.3 Å². The Kier molecular flexibility index (Phi) is 7.71. The number of benzene rings is 3. The molecule has 40 heavy (non-hydrogen) atoms. The lowest BCUT2D eigenvalue weighted by Gasteiger charge is -2.19. The number of aromatic nitrogens is 1. The third kappa shape index (κ3) is 6.24. The Balaban J connectivity index is 1.34. The van der Waals surface area contributed by atoms with Crippen molar-refractivity contribution in [3.8, 4) is 22.3 Å². The third-order valence-electron chi connectivity index (χ3n) is 6.06. The van der Waals surface area contributed by atoms with Crippen molar-refractivity contribution in [2.24, 2.45) is 0 Å². The molecular weight excluding hydrogens is 556 g/mol. The number of nitrogens with one attached hydrogen (secondary N) is 1. The van der Waals surface area contributed by atoms with Crippen molar-refractivity contribution in [3.63, 3.8) is 0 Å². The molecule has 1 fully saturated rings. The number of hydrogen-bond donors (Lipinski definition) is 2. The van der Waals surface area contributed by atoms with E-state index in [0.717, 1.165) is 11.3 Å². The fourth-order valence-electron chi connectivity index (χ4n) is 3.78. The van der Waals surface area contributed by atoms with Gasteiger partial charge in [-0.05, 0) is 73.5 Å². The van der Waals surface area contributed by atoms with E-state index in [-0.39, 0.29) is 20.8 Å². The Labute approximate surface area is 234 Å². The van der Waals surface area contributed by atoms with E-state index in [1.54, 1.807) is 43.5 Å². The normalized spacial score (nSPS) is 13.7. The molecule has 0 bridgehead atoms. The molecule has 2 N–H and O–H groups in total. The molecule has 1 aliphatic rings. The Morgan fingerprint density at radius 3 is 2.17 bits per heavy atom. The molecule has 206 valence electrons. The van der Waals surface area contributed by atoms with Crippen molar-refractivity contribution in [2.45, 2.75) is 29.1 Å². The predicted octanol–water partition coefficient (Wildman–Crippen LogP) is 5.34. The Morgan fingerprint density at radius 1 is 0.950 bits per heavy atom. The van der Waals surface area contributed by atoms with Gasteiger partial charge >= 0.3 is 5.97 Å². The van der Waals surface area contributed by atoms with Crippen LogP contribution in [-0.4, -0.2) is 42.7 Å². The number of anilines is 1. The maximum atomic E-state index is 13.4. The Morgan fingerprint density at radius 2 is 1.57 bits per heavy atom. The van der Waals surface area contributed by atoms with Crippen LogP contribution in [0.1, 0.15) is 34.9 Å². The first-order valence-electron chi connectivity index (χ1n) is 12.2. The van der Waals surface area contributed by atoms with E-state index < -0.39 is 27.8 Å². The molecule has 5 rings (SSSR count). The monoisotopic (exact) mass is 580 g/mol. The Hall–Kier alpha value is -4.42. The molecule has 1 saturated carbocycles. The van der Waals surface area contributed by atoms with Gasteiger partial charge in [0.1, 0.15) is 17.2 Å². The minimum atomic E-state index is -3.38. The third-order valence-corrected chi connectivity index (χ3v) is 9.13. The molecule has 3 aromatic carbocycles. The van der Waals surface area contributed by atoms with Gasteiger partial charge in [-0.25, -0.2) is 18.2 Å². The van der Waals surface area contributed by atoms with Gasteiger partial charge in [0, 0.05) is 5.56 Å². The molecule has 4 aromatic rings. The summed E-state index contributed by atoms with van der Waals surface area (Å²) >= 11 is 1.07. The summed E-state index contributed by atoms with van der Waals surface area (Å²) < 4.78 is 42.2. The summed E-state index contributed by atoms with van der Waals surface area (Å²) in [7, 11) is -1.84. The highest BCUT2D eigenvalue weighted by Gasteiger charge is 2.37. The average molecular weight is 581 g/mol. The van der Waals surface area contributed by atoms with Gasteiger partial charge in [0.2, 0.25) is 11.2 Å². The molecule has 10 nitrogen and oxygen atoms in total. The molecule has 1 unspecified atom stereocenters. The van der Waals surface area contributed by atoms with Crippen LogP contribution < -0.4 is 19.5 Å². The highest BCUT2D eigenvalue weighted by Crippen LogP contribution is 2.35. The van der Waals surface area contributed by atoms with Crippen LogP contribution in [0.4, 0.5) is 5.13 Å². The number of aromatic carboxylic acids is 1. The number of amides is 1. The van der Waals surface area contributed by atoms with Gasteiger partial charge < -0.3 is 19.3 Å². The van der Waals surface area contributed by atoms with Gasteiger partial charge in [-0.3, -0.25) is 10.1 Å². The summed E-state index contributed by atoms with van der Waals surface area (Å²) in [5.74, 6) is -0.131. The highest BCUT2D eigenvalue weighted by atomic mass is 32.2. The van der Waals surface area contributed by atoms with Crippen LogP contribution in [0.15, 0.2) is 83.9 Å². The van der Waals surface area contributed by atoms with Crippen molar-refractivity contribution in [1.29, 1.82) is 0 Å². The van der Waals surface area contributed by atoms with Gasteiger partial charge in [-0.1, -0.05) is 23.5 Å². The molecule has 0 saturated heterocycles. The quantitative estimate of drug-likeness (QED) is 0.241. The van der Waals surface area contributed by atoms with E-state index in [1.165, 1.54) is 42.6 Å². The molecular formula is C28H24N2O8S2. The first kappa shape index (κ1) is 27.2. The van der Waals surface area contributed by atoms with Crippen molar-refractivity contribution >= 4 is 38.2 Å². The summed E-state index contributed by atoms with van der Waals surface area (Å²) in [6.07, 6.45) is 1.62. The first-order valence-corrected chi connectivity index (χ1v) is 14.5. The number of hydrogen-bond acceptors (Lipinski definition) is 9. The molecule has 0 spiro atoms. The average Bonchev–Trinajstić information content (AvgIpc) is 3.74. The molecule has 1 aromatic heterocycles. The fourth-order valence-corrected chi connectivity index (χ4v) is 6.13. The van der Waals surface area contributed by atoms with E-state index in [2.05, 4.69) is 10.3 Å². The lowest BCUT2D eigenvalue weighted by atomic mass is 10.1. The zero-order valence-electron chi connectivity index (χ0n) is 21.1. The topological polar surface area (TPSA) is 141 Å². The number of carboxylic acid groups (broad SMARTS) is 1. The largest absolute Gasteiger partial charge is 0.497 e. The van der Waals surface area contributed by atoms with E-state index >= 15 is 0 Å². The lowest BCUT2D eigenvalue weighted by molar-refractivity contribution is -0.123. The zero-order chi connectivity index (χ0) is 28.3. The number of sulfone groups is 1. The minimum absolute atomic E-state index is 0.130. The van der Waals surface area contributed by atoms with Gasteiger partial charge in [0.25, 0.3) is 5.91 Å². The number of carbonyl (C=O) groups excluding carboxylic acids is 1. The van der Waals surface area contributed by atoms with Crippen molar-refractivity contribution in [2.75, 3.05) is 12.4 Å². The Bertz CT molecular complexity index is 1610. The molecule has 1 atom stereocenters. The van der Waals surface area contributed by atoms with Gasteiger partial charge in [0.05, 0.1) is 29.0 Å². The molecule has 0 aliphatic heterocycles. The van der Waals surface area contributed by atoms with Crippen molar-refractivity contribution in [1.82, 2.24) is 4.98 Å². The van der Waals surface area contributed by atoms with E-state index in [1.807, 2.05) is 0 Å². The summed E-state index contributed by atoms with van der Waals surface area (Å²) in [6, 6.07) is 18.7. The molecule has 0 radical (unpaired) electrons. The number of carboxylic acids is 1. The van der Waals surface area contributed by atoms with Gasteiger partial charge in [-0.2, -0.15) is 0 Å². The second-order valence-corrected chi connectivity index (χ2v) is 12.1. The zero-order valence-corrected chi connectivity index (χ0v) is 22.8. The lowest BCUT2D eigenvalue weighted by Crippen LogP contribution is -2.25. The standard InChI is InChI=1S/C28H24N2O8S2/c1-36-19-8-10-21(11-9-19)38-25(17-4-12-22(13-5-17)40(34,35)23-14-15-23)26(31)30-28-29-16-24(39-28)37-20-6-2-18(3-7-20)27(32)33/h2-13,16,23,25H,14-15H2,1H3,(H,32,33)(H,29,30,31). The number of ether oxygens (including phenoxy) is 3. The summed E-state index contributed by atoms with van der Waals surface area (Å²) in [4.78, 5) is 28.8. The van der Waals surface area contributed by atoms with Gasteiger partial charge in [0.15, 0.2) is 15.0 Å². The summed E-state index contributed by atoms with van der Waals surface area (Å²) in [5, 5.41) is 12.0. The molecule has 12 heteroatoms. The second kappa shape index (κ2) is 11.4. The maximum absolute atomic E-state index is 13.4. The highest BCUT2D eigenvalue weighted by molar-refractivity contribution is 7.92. The predicted molar refractivity (Wildman–Crippen MR) is 147 cm³/mol. The molecule has 1 heterocycles. The number of rotatable bonds is 11. The summed E-state index contributed by atoms with van der Waals surface area (Å²) in [5.41, 5.74) is 0.584. The summed E-state index contributed by atoms with van der Waals surface area (Å²) in [6.45, 7) is 0. The van der Waals surface area contributed by atoms with Crippen LogP contribution in [0.5, 0.6) is 22.3 Å². The van der Waals surface area contributed by atoms with E-state index in [4.69, 9.17) is 19.3 Å². The van der Waals surface area contributed by atoms with Crippen LogP contribution in [0.2, 0.25) is 0 Å². The van der Waals surface area contributed by atoms with Crippen LogP contribution >= 0.6 is 11.3 Å². The smallest absolute Gasteiger partial charge is 0.335 e. The maximum Gasteiger partial charge on any atom is 0.335 e. The van der Waals surface area contributed by atoms with Crippen LogP contribution in [0.3, 0.4) is 0 Å². The molecule has 1 amide bonds. The van der Waals surface area contributed by atoms with Gasteiger partial charge in [-0.15, -0.1) is 0 Å². The second-order valence-electron chi connectivity index (χ2n) is 8.89. The van der Waals surface area contributed by atoms with Crippen LogP contribution in [0, 0.1) is 0 Å². The fraction of sp³-hybridized carbons (Fsp3) is 0.179. The number of nitrogens with zero attached hydrogens (tertiary/aromatic N) is 1. The van der Waals surface area contributed by atoms with Crippen LogP contribution in [-0.2, 0) is 14.6 Å². The molecule has 1 aliphatic carbocycles. The van der Waals surface area contributed by atoms with Crippen LogP contribution in [0.25, 0.3) is 0 Å². The first-order chi connectivity index (χ1) is 19.2.